The summed E-state index contributed by atoms with van der Waals surface area (Å²) in [6.07, 6.45) is -2.55. The zero-order valence-electron chi connectivity index (χ0n) is 10.1. The van der Waals surface area contributed by atoms with Gasteiger partial charge in [0.2, 0.25) is 0 Å². The topological polar surface area (TPSA) is 67.0 Å². The van der Waals surface area contributed by atoms with Gasteiger partial charge in [0.25, 0.3) is 0 Å². The van der Waals surface area contributed by atoms with Gasteiger partial charge in [-0.3, -0.25) is 5.32 Å². The van der Waals surface area contributed by atoms with Gasteiger partial charge >= 0.3 is 12.3 Å². The summed E-state index contributed by atoms with van der Waals surface area (Å²) in [4.78, 5) is 17.9. The van der Waals surface area contributed by atoms with Crippen LogP contribution in [0.3, 0.4) is 0 Å². The van der Waals surface area contributed by atoms with Gasteiger partial charge in [0, 0.05) is 5.69 Å². The highest BCUT2D eigenvalue weighted by Crippen LogP contribution is 2.19. The highest BCUT2D eigenvalue weighted by Gasteiger charge is 2.29. The van der Waals surface area contributed by atoms with Gasteiger partial charge in [0.05, 0.1) is 18.2 Å². The van der Waals surface area contributed by atoms with Gasteiger partial charge in [-0.15, -0.1) is 0 Å². The number of alkyl halides is 3. The van der Waals surface area contributed by atoms with Crippen molar-refractivity contribution in [1.29, 1.82) is 0 Å². The first-order valence-electron chi connectivity index (χ1n) is 5.53. The minimum Gasteiger partial charge on any atom is -0.440 e. The lowest BCUT2D eigenvalue weighted by Crippen LogP contribution is -2.23. The van der Waals surface area contributed by atoms with Gasteiger partial charge in [-0.1, -0.05) is 12.1 Å². The molecule has 0 radical (unpaired) electrons. The summed E-state index contributed by atoms with van der Waals surface area (Å²) in [5.41, 5.74) is 1.95. The van der Waals surface area contributed by atoms with Crippen LogP contribution in [0.2, 0.25) is 0 Å². The molecule has 0 saturated carbocycles. The van der Waals surface area contributed by atoms with Crippen molar-refractivity contribution >= 4 is 11.8 Å². The van der Waals surface area contributed by atoms with Crippen LogP contribution in [0.1, 0.15) is 0 Å². The van der Waals surface area contributed by atoms with Gasteiger partial charge in [0.1, 0.15) is 0 Å². The average molecular weight is 285 g/mol. The SMILES string of the molecule is O=C(Nc1ccc(-c2cnc[nH]2)cc1)OCC(F)(F)F. The van der Waals surface area contributed by atoms with Crippen LogP contribution in [0.15, 0.2) is 36.8 Å². The van der Waals surface area contributed by atoms with E-state index in [9.17, 15) is 18.0 Å². The molecule has 0 spiro atoms. The van der Waals surface area contributed by atoms with Crippen molar-refractivity contribution in [3.05, 3.63) is 36.8 Å². The van der Waals surface area contributed by atoms with Crippen molar-refractivity contribution < 1.29 is 22.7 Å². The van der Waals surface area contributed by atoms with Crippen LogP contribution in [0.5, 0.6) is 0 Å². The number of hydrogen-bond donors (Lipinski definition) is 2. The molecule has 2 rings (SSSR count). The summed E-state index contributed by atoms with van der Waals surface area (Å²) in [7, 11) is 0. The number of carbonyl (C=O) groups excluding carboxylic acids is 1. The normalized spacial score (nSPS) is 11.2. The predicted octanol–water partition coefficient (Wildman–Crippen LogP) is 3.19. The maximum Gasteiger partial charge on any atom is 0.422 e. The molecule has 1 heterocycles. The minimum absolute atomic E-state index is 0.334. The quantitative estimate of drug-likeness (QED) is 0.910. The van der Waals surface area contributed by atoms with Crippen LogP contribution in [0, 0.1) is 0 Å². The Bertz CT molecular complexity index is 565. The van der Waals surface area contributed by atoms with Gasteiger partial charge < -0.3 is 9.72 Å². The molecule has 0 fully saturated rings. The maximum atomic E-state index is 11.9. The second kappa shape index (κ2) is 5.64. The van der Waals surface area contributed by atoms with Crippen LogP contribution >= 0.6 is 0 Å². The molecule has 0 aliphatic carbocycles. The Kier molecular flexibility index (Phi) is 3.92. The Balaban J connectivity index is 1.92. The Morgan fingerprint density at radius 3 is 2.55 bits per heavy atom. The first kappa shape index (κ1) is 13.9. The summed E-state index contributed by atoms with van der Waals surface area (Å²) < 4.78 is 39.6. The summed E-state index contributed by atoms with van der Waals surface area (Å²) in [5.74, 6) is 0. The maximum absolute atomic E-state index is 11.9. The molecule has 0 bridgehead atoms. The lowest BCUT2D eigenvalue weighted by Gasteiger charge is -2.09. The molecule has 106 valence electrons. The largest absolute Gasteiger partial charge is 0.440 e. The zero-order valence-corrected chi connectivity index (χ0v) is 10.1. The van der Waals surface area contributed by atoms with E-state index in [1.807, 2.05) is 0 Å². The third-order valence-corrected chi connectivity index (χ3v) is 2.31. The Morgan fingerprint density at radius 2 is 2.00 bits per heavy atom. The second-order valence-electron chi connectivity index (χ2n) is 3.86. The average Bonchev–Trinajstić information content (AvgIpc) is 2.90. The molecular weight excluding hydrogens is 275 g/mol. The number of carbonyl (C=O) groups is 1. The monoisotopic (exact) mass is 285 g/mol. The van der Waals surface area contributed by atoms with Crippen LogP contribution in [0.4, 0.5) is 23.7 Å². The molecule has 0 aliphatic rings. The number of benzene rings is 1. The molecule has 0 saturated heterocycles. The number of nitrogens with one attached hydrogen (secondary N) is 2. The van der Waals surface area contributed by atoms with Crippen molar-refractivity contribution in [2.45, 2.75) is 6.18 Å². The fraction of sp³-hybridized carbons (Fsp3) is 0.167. The first-order valence-corrected chi connectivity index (χ1v) is 5.53. The lowest BCUT2D eigenvalue weighted by molar-refractivity contribution is -0.159. The van der Waals surface area contributed by atoms with Crippen LogP contribution in [-0.2, 0) is 4.74 Å². The van der Waals surface area contributed by atoms with E-state index in [1.54, 1.807) is 30.5 Å². The van der Waals surface area contributed by atoms with Gasteiger partial charge in [-0.2, -0.15) is 13.2 Å². The number of nitrogens with zero attached hydrogens (tertiary/aromatic N) is 1. The molecule has 0 unspecified atom stereocenters. The molecule has 2 N–H and O–H groups in total. The molecule has 1 aromatic heterocycles. The van der Waals surface area contributed by atoms with E-state index in [2.05, 4.69) is 20.0 Å². The number of halogens is 3. The number of ether oxygens (including phenoxy) is 1. The third-order valence-electron chi connectivity index (χ3n) is 2.31. The summed E-state index contributed by atoms with van der Waals surface area (Å²) >= 11 is 0. The van der Waals surface area contributed by atoms with Gasteiger partial charge in [-0.25, -0.2) is 9.78 Å². The zero-order chi connectivity index (χ0) is 14.6. The molecule has 5 nitrogen and oxygen atoms in total. The van der Waals surface area contributed by atoms with Crippen molar-refractivity contribution in [2.24, 2.45) is 0 Å². The fourth-order valence-electron chi connectivity index (χ4n) is 1.45. The Morgan fingerprint density at radius 1 is 1.30 bits per heavy atom. The summed E-state index contributed by atoms with van der Waals surface area (Å²) in [5, 5.41) is 2.20. The third kappa shape index (κ3) is 4.01. The number of rotatable bonds is 3. The van der Waals surface area contributed by atoms with E-state index in [0.717, 1.165) is 11.3 Å². The number of hydrogen-bond acceptors (Lipinski definition) is 3. The van der Waals surface area contributed by atoms with Crippen molar-refractivity contribution in [3.63, 3.8) is 0 Å². The number of H-pyrrole nitrogens is 1. The van der Waals surface area contributed by atoms with Gasteiger partial charge in [-0.05, 0) is 17.7 Å². The van der Waals surface area contributed by atoms with E-state index >= 15 is 0 Å². The summed E-state index contributed by atoms with van der Waals surface area (Å²) in [6.45, 7) is -1.62. The van der Waals surface area contributed by atoms with Crippen LogP contribution in [0.25, 0.3) is 11.3 Å². The van der Waals surface area contributed by atoms with Crippen LogP contribution < -0.4 is 5.32 Å². The highest BCUT2D eigenvalue weighted by atomic mass is 19.4. The molecule has 1 amide bonds. The number of anilines is 1. The number of amides is 1. The molecule has 2 aromatic rings. The van der Waals surface area contributed by atoms with Crippen molar-refractivity contribution in [3.8, 4) is 11.3 Å². The van der Waals surface area contributed by atoms with Crippen molar-refractivity contribution in [2.75, 3.05) is 11.9 Å². The number of aromatic amines is 1. The fourth-order valence-corrected chi connectivity index (χ4v) is 1.45. The molecule has 0 aliphatic heterocycles. The molecule has 1 aromatic carbocycles. The molecule has 0 atom stereocenters. The van der Waals surface area contributed by atoms with E-state index in [4.69, 9.17) is 0 Å². The highest BCUT2D eigenvalue weighted by molar-refractivity contribution is 5.85. The molecular formula is C12H10F3N3O2. The van der Waals surface area contributed by atoms with E-state index in [0.29, 0.717) is 5.69 Å². The minimum atomic E-state index is -4.54. The van der Waals surface area contributed by atoms with Gasteiger partial charge in [0.15, 0.2) is 6.61 Å². The Hall–Kier alpha value is -2.51. The predicted molar refractivity (Wildman–Crippen MR) is 65.0 cm³/mol. The van der Waals surface area contributed by atoms with E-state index < -0.39 is 18.9 Å². The van der Waals surface area contributed by atoms with Crippen molar-refractivity contribution in [1.82, 2.24) is 9.97 Å². The van der Waals surface area contributed by atoms with E-state index in [1.165, 1.54) is 6.33 Å². The van der Waals surface area contributed by atoms with E-state index in [-0.39, 0.29) is 0 Å². The smallest absolute Gasteiger partial charge is 0.422 e. The number of aromatic nitrogens is 2. The number of imidazole rings is 1. The molecule has 20 heavy (non-hydrogen) atoms. The second-order valence-corrected chi connectivity index (χ2v) is 3.86. The standard InChI is InChI=1S/C12H10F3N3O2/c13-12(14,15)6-20-11(19)18-9-3-1-8(2-4-9)10-5-16-7-17-10/h1-5,7H,6H2,(H,16,17)(H,18,19). The lowest BCUT2D eigenvalue weighted by atomic mass is 10.1. The Labute approximate surface area is 111 Å². The summed E-state index contributed by atoms with van der Waals surface area (Å²) in [6, 6.07) is 6.47. The van der Waals surface area contributed by atoms with Crippen LogP contribution in [-0.4, -0.2) is 28.8 Å². The first-order chi connectivity index (χ1) is 9.44. The molecule has 8 heteroatoms.